The van der Waals surface area contributed by atoms with Crippen LogP contribution in [0.3, 0.4) is 0 Å². The molecule has 2 aliphatic rings. The predicted octanol–water partition coefficient (Wildman–Crippen LogP) is 3.41. The molecule has 0 radical (unpaired) electrons. The number of ether oxygens (including phenoxy) is 1. The van der Waals surface area contributed by atoms with E-state index in [1.54, 1.807) is 0 Å². The van der Waals surface area contributed by atoms with Gasteiger partial charge in [0.1, 0.15) is 11.9 Å². The van der Waals surface area contributed by atoms with Gasteiger partial charge in [-0.1, -0.05) is 6.07 Å². The van der Waals surface area contributed by atoms with E-state index in [0.717, 1.165) is 51.1 Å². The number of pyridine rings is 1. The molecule has 142 valence electrons. The summed E-state index contributed by atoms with van der Waals surface area (Å²) in [5, 5.41) is 3.09. The smallest absolute Gasteiger partial charge is 0.251 e. The summed E-state index contributed by atoms with van der Waals surface area (Å²) >= 11 is 0. The first-order chi connectivity index (χ1) is 13.3. The molecule has 5 nitrogen and oxygen atoms in total. The van der Waals surface area contributed by atoms with Crippen molar-refractivity contribution in [1.29, 1.82) is 0 Å². The van der Waals surface area contributed by atoms with Crippen molar-refractivity contribution in [2.75, 3.05) is 13.1 Å². The third-order valence-electron chi connectivity index (χ3n) is 5.53. The van der Waals surface area contributed by atoms with Crippen LogP contribution in [0.5, 0.6) is 5.75 Å². The second-order valence-electron chi connectivity index (χ2n) is 7.58. The highest BCUT2D eigenvalue weighted by atomic mass is 16.5. The summed E-state index contributed by atoms with van der Waals surface area (Å²) < 4.78 is 6.17. The van der Waals surface area contributed by atoms with Crippen LogP contribution in [-0.4, -0.2) is 41.0 Å². The maximum absolute atomic E-state index is 12.3. The Morgan fingerprint density at radius 2 is 1.89 bits per heavy atom. The minimum atomic E-state index is 0.0114. The fourth-order valence-corrected chi connectivity index (χ4v) is 3.66. The zero-order chi connectivity index (χ0) is 18.5. The topological polar surface area (TPSA) is 54.5 Å². The molecule has 4 rings (SSSR count). The van der Waals surface area contributed by atoms with Crippen LogP contribution in [0.4, 0.5) is 0 Å². The summed E-state index contributed by atoms with van der Waals surface area (Å²) in [6, 6.07) is 12.1. The number of carbonyl (C=O) groups excluding carboxylic acids is 1. The van der Waals surface area contributed by atoms with Gasteiger partial charge < -0.3 is 10.1 Å². The van der Waals surface area contributed by atoms with Gasteiger partial charge in [-0.15, -0.1) is 0 Å². The minimum absolute atomic E-state index is 0.0114. The first-order valence-corrected chi connectivity index (χ1v) is 9.95. The monoisotopic (exact) mass is 365 g/mol. The first-order valence-electron chi connectivity index (χ1n) is 9.95. The van der Waals surface area contributed by atoms with Crippen LogP contribution in [0.1, 0.15) is 48.0 Å². The van der Waals surface area contributed by atoms with Crippen molar-refractivity contribution in [3.05, 3.63) is 59.9 Å². The normalized spacial score (nSPS) is 18.7. The van der Waals surface area contributed by atoms with E-state index in [4.69, 9.17) is 4.74 Å². The lowest BCUT2D eigenvalue weighted by atomic mass is 9.93. The molecule has 0 unspecified atom stereocenters. The van der Waals surface area contributed by atoms with Gasteiger partial charge in [0.15, 0.2) is 0 Å². The van der Waals surface area contributed by atoms with Crippen molar-refractivity contribution in [1.82, 2.24) is 15.2 Å². The molecule has 1 aliphatic heterocycles. The highest BCUT2D eigenvalue weighted by molar-refractivity contribution is 5.94. The van der Waals surface area contributed by atoms with Gasteiger partial charge in [0, 0.05) is 43.6 Å². The molecular formula is C22H27N3O2. The van der Waals surface area contributed by atoms with Crippen molar-refractivity contribution in [3.63, 3.8) is 0 Å². The van der Waals surface area contributed by atoms with E-state index in [1.165, 1.54) is 12.0 Å². The average Bonchev–Trinajstić information content (AvgIpc) is 2.67. The van der Waals surface area contributed by atoms with Crippen LogP contribution >= 0.6 is 0 Å². The van der Waals surface area contributed by atoms with Crippen LogP contribution in [0, 0.1) is 0 Å². The lowest BCUT2D eigenvalue weighted by molar-refractivity contribution is 0.0907. The van der Waals surface area contributed by atoms with Gasteiger partial charge in [0.05, 0.1) is 0 Å². The van der Waals surface area contributed by atoms with Crippen LogP contribution in [0.15, 0.2) is 48.8 Å². The van der Waals surface area contributed by atoms with Gasteiger partial charge in [-0.05, 0) is 68.0 Å². The number of amides is 1. The molecule has 1 aliphatic carbocycles. The van der Waals surface area contributed by atoms with E-state index in [0.29, 0.717) is 11.6 Å². The molecule has 2 heterocycles. The molecule has 0 bridgehead atoms. The summed E-state index contributed by atoms with van der Waals surface area (Å²) in [6.07, 6.45) is 9.32. The molecule has 5 heteroatoms. The fourth-order valence-electron chi connectivity index (χ4n) is 3.66. The Balaban J connectivity index is 1.27. The summed E-state index contributed by atoms with van der Waals surface area (Å²) in [4.78, 5) is 18.9. The molecule has 27 heavy (non-hydrogen) atoms. The molecule has 1 aromatic carbocycles. The fraction of sp³-hybridized carbons (Fsp3) is 0.455. The Hall–Kier alpha value is -2.40. The molecule has 1 saturated heterocycles. The molecule has 1 aromatic heterocycles. The highest BCUT2D eigenvalue weighted by Crippen LogP contribution is 2.22. The second kappa shape index (κ2) is 8.53. The molecule has 1 saturated carbocycles. The molecule has 0 spiro atoms. The number of nitrogens with one attached hydrogen (secondary N) is 1. The number of carbonyl (C=O) groups is 1. The molecule has 1 amide bonds. The number of likely N-dealkylation sites (tertiary alicyclic amines) is 1. The lowest BCUT2D eigenvalue weighted by Gasteiger charge is -2.32. The number of aromatic nitrogens is 1. The van der Waals surface area contributed by atoms with Crippen molar-refractivity contribution in [2.24, 2.45) is 0 Å². The van der Waals surface area contributed by atoms with Crippen LogP contribution in [0.25, 0.3) is 0 Å². The Morgan fingerprint density at radius 3 is 2.59 bits per heavy atom. The Morgan fingerprint density at radius 1 is 1.11 bits per heavy atom. The molecule has 0 atom stereocenters. The van der Waals surface area contributed by atoms with Crippen LogP contribution in [0.2, 0.25) is 0 Å². The van der Waals surface area contributed by atoms with Gasteiger partial charge in [-0.25, -0.2) is 0 Å². The summed E-state index contributed by atoms with van der Waals surface area (Å²) in [5.41, 5.74) is 1.99. The third kappa shape index (κ3) is 4.86. The number of hydrogen-bond donors (Lipinski definition) is 1. The average molecular weight is 365 g/mol. The maximum atomic E-state index is 12.3. The SMILES string of the molecule is O=C(NC1CCC1)c1cccc(OC2CCN(Cc3ccncc3)CC2)c1. The van der Waals surface area contributed by atoms with Crippen molar-refractivity contribution >= 4 is 5.91 Å². The van der Waals surface area contributed by atoms with E-state index < -0.39 is 0 Å². The van der Waals surface area contributed by atoms with E-state index in [9.17, 15) is 4.79 Å². The highest BCUT2D eigenvalue weighted by Gasteiger charge is 2.22. The Labute approximate surface area is 160 Å². The third-order valence-corrected chi connectivity index (χ3v) is 5.53. The zero-order valence-electron chi connectivity index (χ0n) is 15.6. The largest absolute Gasteiger partial charge is 0.490 e. The minimum Gasteiger partial charge on any atom is -0.490 e. The summed E-state index contributed by atoms with van der Waals surface area (Å²) in [5.74, 6) is 0.807. The van der Waals surface area contributed by atoms with Gasteiger partial charge >= 0.3 is 0 Å². The number of rotatable bonds is 6. The number of hydrogen-bond acceptors (Lipinski definition) is 4. The Kier molecular flexibility index (Phi) is 5.68. The van der Waals surface area contributed by atoms with Gasteiger partial charge in [-0.3, -0.25) is 14.7 Å². The molecule has 1 N–H and O–H groups in total. The van der Waals surface area contributed by atoms with Gasteiger partial charge in [0.25, 0.3) is 5.91 Å². The number of nitrogens with zero attached hydrogens (tertiary/aromatic N) is 2. The van der Waals surface area contributed by atoms with Crippen molar-refractivity contribution < 1.29 is 9.53 Å². The van der Waals surface area contributed by atoms with Gasteiger partial charge in [0.2, 0.25) is 0 Å². The summed E-state index contributed by atoms with van der Waals surface area (Å²) in [7, 11) is 0. The quantitative estimate of drug-likeness (QED) is 0.852. The Bertz CT molecular complexity index is 753. The standard InChI is InChI=1S/C22H27N3O2/c26-22(24-19-4-2-5-19)18-3-1-6-21(15-18)27-20-9-13-25(14-10-20)16-17-7-11-23-12-8-17/h1,3,6-8,11-12,15,19-20H,2,4-5,9-10,13-14,16H2,(H,24,26). The molecular weight excluding hydrogens is 338 g/mol. The number of benzene rings is 1. The molecule has 2 fully saturated rings. The lowest BCUT2D eigenvalue weighted by Crippen LogP contribution is -2.39. The summed E-state index contributed by atoms with van der Waals surface area (Å²) in [6.45, 7) is 3.01. The van der Waals surface area contributed by atoms with Gasteiger partial charge in [-0.2, -0.15) is 0 Å². The van der Waals surface area contributed by atoms with E-state index in [-0.39, 0.29) is 12.0 Å². The van der Waals surface area contributed by atoms with Crippen molar-refractivity contribution in [3.8, 4) is 5.75 Å². The van der Waals surface area contributed by atoms with Crippen molar-refractivity contribution in [2.45, 2.75) is 50.8 Å². The van der Waals surface area contributed by atoms with E-state index in [2.05, 4.69) is 27.3 Å². The molecule has 2 aromatic rings. The maximum Gasteiger partial charge on any atom is 0.251 e. The van der Waals surface area contributed by atoms with Crippen LogP contribution in [-0.2, 0) is 6.54 Å². The zero-order valence-corrected chi connectivity index (χ0v) is 15.6. The number of piperidine rings is 1. The van der Waals surface area contributed by atoms with E-state index >= 15 is 0 Å². The van der Waals surface area contributed by atoms with Crippen LogP contribution < -0.4 is 10.1 Å². The second-order valence-corrected chi connectivity index (χ2v) is 7.58. The first kappa shape index (κ1) is 18.0. The predicted molar refractivity (Wildman–Crippen MR) is 105 cm³/mol. The van der Waals surface area contributed by atoms with E-state index in [1.807, 2.05) is 36.7 Å².